The smallest absolute Gasteiger partial charge is 0.256 e. The number of rotatable bonds is 5. The van der Waals surface area contributed by atoms with Gasteiger partial charge in [0.15, 0.2) is 0 Å². The van der Waals surface area contributed by atoms with Gasteiger partial charge in [-0.25, -0.2) is 4.39 Å². The van der Waals surface area contributed by atoms with Crippen molar-refractivity contribution in [3.8, 4) is 11.4 Å². The molecule has 0 spiro atoms. The number of amides is 1. The van der Waals surface area contributed by atoms with Crippen LogP contribution < -0.4 is 4.74 Å². The second-order valence-electron chi connectivity index (χ2n) is 7.86. The van der Waals surface area contributed by atoms with E-state index in [2.05, 4.69) is 17.1 Å². The van der Waals surface area contributed by atoms with Crippen molar-refractivity contribution in [2.24, 2.45) is 5.92 Å². The summed E-state index contributed by atoms with van der Waals surface area (Å²) in [6.45, 7) is 5.08. The predicted octanol–water partition coefficient (Wildman–Crippen LogP) is 4.03. The summed E-state index contributed by atoms with van der Waals surface area (Å²) in [4.78, 5) is 16.9. The van der Waals surface area contributed by atoms with Crippen LogP contribution in [0.5, 0.6) is 5.75 Å². The summed E-state index contributed by atoms with van der Waals surface area (Å²) in [5.74, 6) is 0.344. The highest BCUT2D eigenvalue weighted by atomic mass is 19.1. The molecule has 0 radical (unpaired) electrons. The molecule has 0 bridgehead atoms. The Morgan fingerprint density at radius 3 is 2.73 bits per heavy atom. The molecule has 6 nitrogen and oxygen atoms in total. The van der Waals surface area contributed by atoms with Crippen LogP contribution in [0.4, 0.5) is 4.39 Å². The van der Waals surface area contributed by atoms with Crippen molar-refractivity contribution in [1.82, 2.24) is 19.9 Å². The van der Waals surface area contributed by atoms with Gasteiger partial charge in [0.1, 0.15) is 11.6 Å². The first-order valence-electron chi connectivity index (χ1n) is 10.2. The topological polar surface area (TPSA) is 60.2 Å². The summed E-state index contributed by atoms with van der Waals surface area (Å²) in [6.07, 6.45) is 5.04. The van der Waals surface area contributed by atoms with Crippen molar-refractivity contribution >= 4 is 5.91 Å². The molecule has 1 aliphatic heterocycles. The van der Waals surface area contributed by atoms with Crippen LogP contribution >= 0.6 is 0 Å². The molecule has 1 aromatic heterocycles. The number of aryl methyl sites for hydroxylation is 1. The molecule has 1 amide bonds. The van der Waals surface area contributed by atoms with Gasteiger partial charge < -0.3 is 9.64 Å². The van der Waals surface area contributed by atoms with Crippen molar-refractivity contribution < 1.29 is 13.9 Å². The van der Waals surface area contributed by atoms with E-state index in [-0.39, 0.29) is 23.7 Å². The van der Waals surface area contributed by atoms with Gasteiger partial charge in [-0.1, -0.05) is 17.7 Å². The minimum absolute atomic E-state index is 0.0334. The maximum absolute atomic E-state index is 13.5. The number of carbonyl (C=O) groups is 1. The maximum Gasteiger partial charge on any atom is 0.256 e. The number of likely N-dealkylation sites (tertiary alicyclic amines) is 1. The molecule has 4 rings (SSSR count). The Balaban J connectivity index is 1.51. The first kappa shape index (κ1) is 20.1. The molecule has 156 valence electrons. The highest BCUT2D eigenvalue weighted by Gasteiger charge is 2.31. The molecule has 2 aromatic carbocycles. The maximum atomic E-state index is 13.5. The van der Waals surface area contributed by atoms with E-state index in [1.54, 1.807) is 24.5 Å². The van der Waals surface area contributed by atoms with Gasteiger partial charge in [0.05, 0.1) is 30.3 Å². The SMILES string of the molecule is Cc1ccc(-n2nccn2)c(C(=O)N2C[C@H](COc3cccc(F)c3)CC[C@H]2C)c1. The van der Waals surface area contributed by atoms with Crippen molar-refractivity contribution in [2.75, 3.05) is 13.2 Å². The Kier molecular flexibility index (Phi) is 5.79. The van der Waals surface area contributed by atoms with E-state index in [0.29, 0.717) is 30.2 Å². The molecule has 2 atom stereocenters. The Labute approximate surface area is 175 Å². The number of hydrogen-bond acceptors (Lipinski definition) is 4. The van der Waals surface area contributed by atoms with Crippen LogP contribution in [-0.2, 0) is 0 Å². The lowest BCUT2D eigenvalue weighted by Gasteiger charge is -2.38. The van der Waals surface area contributed by atoms with Gasteiger partial charge in [-0.2, -0.15) is 15.0 Å². The number of nitrogens with zero attached hydrogens (tertiary/aromatic N) is 4. The summed E-state index contributed by atoms with van der Waals surface area (Å²) >= 11 is 0. The normalized spacial score (nSPS) is 19.0. The highest BCUT2D eigenvalue weighted by Crippen LogP contribution is 2.27. The zero-order valence-electron chi connectivity index (χ0n) is 17.2. The number of benzene rings is 2. The average molecular weight is 408 g/mol. The fourth-order valence-corrected chi connectivity index (χ4v) is 3.86. The van der Waals surface area contributed by atoms with Crippen LogP contribution in [0.25, 0.3) is 5.69 Å². The fraction of sp³-hybridized carbons (Fsp3) is 0.348. The van der Waals surface area contributed by atoms with Gasteiger partial charge in [-0.05, 0) is 51.0 Å². The monoisotopic (exact) mass is 408 g/mol. The number of piperidine rings is 1. The van der Waals surface area contributed by atoms with E-state index in [1.165, 1.54) is 16.9 Å². The summed E-state index contributed by atoms with van der Waals surface area (Å²) in [6, 6.07) is 12.0. The van der Waals surface area contributed by atoms with Gasteiger partial charge in [-0.15, -0.1) is 0 Å². The molecule has 7 heteroatoms. The van der Waals surface area contributed by atoms with Crippen LogP contribution in [0, 0.1) is 18.7 Å². The van der Waals surface area contributed by atoms with Crippen molar-refractivity contribution in [3.05, 3.63) is 71.8 Å². The molecular formula is C23H25FN4O2. The van der Waals surface area contributed by atoms with E-state index < -0.39 is 0 Å². The number of aromatic nitrogens is 3. The van der Waals surface area contributed by atoms with Gasteiger partial charge in [0.2, 0.25) is 0 Å². The molecule has 3 aromatic rings. The largest absolute Gasteiger partial charge is 0.493 e. The number of halogens is 1. The summed E-state index contributed by atoms with van der Waals surface area (Å²) < 4.78 is 19.2. The predicted molar refractivity (Wildman–Crippen MR) is 111 cm³/mol. The Hall–Kier alpha value is -3.22. The molecular weight excluding hydrogens is 383 g/mol. The lowest BCUT2D eigenvalue weighted by atomic mass is 9.93. The highest BCUT2D eigenvalue weighted by molar-refractivity contribution is 5.98. The molecule has 0 aliphatic carbocycles. The van der Waals surface area contributed by atoms with Crippen LogP contribution in [0.2, 0.25) is 0 Å². The summed E-state index contributed by atoms with van der Waals surface area (Å²) in [5.41, 5.74) is 2.26. The third kappa shape index (κ3) is 4.35. The van der Waals surface area contributed by atoms with Crippen LogP contribution in [0.1, 0.15) is 35.7 Å². The van der Waals surface area contributed by atoms with Crippen molar-refractivity contribution in [2.45, 2.75) is 32.7 Å². The molecule has 1 aliphatic rings. The number of ether oxygens (including phenoxy) is 1. The van der Waals surface area contributed by atoms with Gasteiger partial charge in [-0.3, -0.25) is 4.79 Å². The molecule has 1 fully saturated rings. The second kappa shape index (κ2) is 8.65. The summed E-state index contributed by atoms with van der Waals surface area (Å²) in [7, 11) is 0. The fourth-order valence-electron chi connectivity index (χ4n) is 3.86. The van der Waals surface area contributed by atoms with Gasteiger partial charge in [0.25, 0.3) is 5.91 Å². The third-order valence-corrected chi connectivity index (χ3v) is 5.54. The van der Waals surface area contributed by atoms with Crippen molar-refractivity contribution in [1.29, 1.82) is 0 Å². The van der Waals surface area contributed by atoms with Crippen LogP contribution in [0.3, 0.4) is 0 Å². The van der Waals surface area contributed by atoms with Crippen LogP contribution in [-0.4, -0.2) is 45.0 Å². The molecule has 1 saturated heterocycles. The zero-order valence-corrected chi connectivity index (χ0v) is 17.2. The van der Waals surface area contributed by atoms with E-state index in [1.807, 2.05) is 30.0 Å². The first-order valence-corrected chi connectivity index (χ1v) is 10.2. The standard InChI is InChI=1S/C23H25FN4O2/c1-16-6-9-22(28-25-10-11-26-28)21(12-16)23(29)27-14-18(8-7-17(27)2)15-30-20-5-3-4-19(24)13-20/h3-6,9-13,17-18H,7-8,14-15H2,1-2H3/t17-,18-/m1/s1. The third-order valence-electron chi connectivity index (χ3n) is 5.54. The van der Waals surface area contributed by atoms with Gasteiger partial charge >= 0.3 is 0 Å². The molecule has 30 heavy (non-hydrogen) atoms. The Morgan fingerprint density at radius 1 is 1.17 bits per heavy atom. The minimum Gasteiger partial charge on any atom is -0.493 e. The quantitative estimate of drug-likeness (QED) is 0.639. The summed E-state index contributed by atoms with van der Waals surface area (Å²) in [5, 5.41) is 8.39. The Bertz CT molecular complexity index is 1020. The van der Waals surface area contributed by atoms with E-state index in [0.717, 1.165) is 18.4 Å². The van der Waals surface area contributed by atoms with Crippen LogP contribution in [0.15, 0.2) is 54.9 Å². The Morgan fingerprint density at radius 2 is 1.97 bits per heavy atom. The zero-order chi connectivity index (χ0) is 21.1. The average Bonchev–Trinajstić information content (AvgIpc) is 3.27. The van der Waals surface area contributed by atoms with Gasteiger partial charge in [0, 0.05) is 24.6 Å². The number of hydrogen-bond donors (Lipinski definition) is 0. The lowest BCUT2D eigenvalue weighted by Crippen LogP contribution is -2.47. The number of carbonyl (C=O) groups excluding carboxylic acids is 1. The minimum atomic E-state index is -0.319. The lowest BCUT2D eigenvalue weighted by molar-refractivity contribution is 0.0505. The molecule has 0 unspecified atom stereocenters. The first-order chi connectivity index (χ1) is 14.5. The second-order valence-corrected chi connectivity index (χ2v) is 7.86. The molecule has 0 saturated carbocycles. The van der Waals surface area contributed by atoms with Crippen molar-refractivity contribution in [3.63, 3.8) is 0 Å². The van der Waals surface area contributed by atoms with E-state index >= 15 is 0 Å². The van der Waals surface area contributed by atoms with E-state index in [4.69, 9.17) is 4.74 Å². The molecule has 0 N–H and O–H groups in total. The van der Waals surface area contributed by atoms with E-state index in [9.17, 15) is 9.18 Å². The molecule has 2 heterocycles.